The van der Waals surface area contributed by atoms with Crippen LogP contribution < -0.4 is 0 Å². The zero-order chi connectivity index (χ0) is 4.12. The number of hydrogen-bond donors (Lipinski definition) is 0. The fourth-order valence-corrected chi connectivity index (χ4v) is 0.217. The van der Waals surface area contributed by atoms with E-state index >= 15 is 0 Å². The van der Waals surface area contributed by atoms with Crippen molar-refractivity contribution >= 4 is 24.8 Å². The maximum Gasteiger partial charge on any atom is -0.147 e. The molecule has 2 nitrogen and oxygen atoms in total. The largest absolute Gasteiger partial charge is 0.147 e. The van der Waals surface area contributed by atoms with Gasteiger partial charge in [0.1, 0.15) is 0 Å². The summed E-state index contributed by atoms with van der Waals surface area (Å²) in [5, 5.41) is 0. The van der Waals surface area contributed by atoms with Gasteiger partial charge in [-0.2, -0.15) is 0 Å². The quantitative estimate of drug-likeness (QED) is 0.646. The smallest absolute Gasteiger partial charge is 0.147 e. The summed E-state index contributed by atoms with van der Waals surface area (Å²) < 4.78 is 13.8. The second kappa shape index (κ2) is 15.8. The monoisotopic (exact) mass is 184 g/mol. The molecule has 0 aliphatic heterocycles. The molecular weight excluding hydrogens is 178 g/mol. The van der Waals surface area contributed by atoms with Crippen molar-refractivity contribution in [2.24, 2.45) is 0 Å². The number of hydrogen-bond acceptors (Lipinski definition) is 2. The zero-order valence-electron chi connectivity index (χ0n) is 3.79. The van der Waals surface area contributed by atoms with E-state index in [9.17, 15) is 3.67 Å². The Labute approximate surface area is 62.5 Å². The van der Waals surface area contributed by atoms with Crippen molar-refractivity contribution in [3.8, 4) is 0 Å². The molecule has 0 heterocycles. The molecule has 0 bridgehead atoms. The van der Waals surface area contributed by atoms with Crippen LogP contribution in [-0.2, 0) is 23.9 Å². The van der Waals surface area contributed by atoms with Crippen LogP contribution in [-0.4, -0.2) is 6.61 Å². The molecule has 0 unspecified atom stereocenters. The first-order valence-corrected chi connectivity index (χ1v) is 2.50. The van der Waals surface area contributed by atoms with E-state index in [-0.39, 0.29) is 24.8 Å². The molecule has 0 aromatic rings. The standard InChI is InChI=1S/C2H5O.2ClH.O.V/c1-2-3;;;;/h2H2,1H3;2*1H;;/q-1;;;;+1. The predicted molar refractivity (Wildman–Crippen MR) is 26.8 cm³/mol. The van der Waals surface area contributed by atoms with Crippen molar-refractivity contribution in [2.75, 3.05) is 6.61 Å². The molecule has 46 valence electrons. The third kappa shape index (κ3) is 19.6. The molecule has 0 amide bonds. The van der Waals surface area contributed by atoms with Gasteiger partial charge in [0.05, 0.1) is 0 Å². The van der Waals surface area contributed by atoms with E-state index in [2.05, 4.69) is 3.66 Å². The average Bonchev–Trinajstić information content (AvgIpc) is 1.41. The van der Waals surface area contributed by atoms with Crippen LogP contribution in [0.1, 0.15) is 6.92 Å². The second-order valence-electron chi connectivity index (χ2n) is 0.492. The predicted octanol–water partition coefficient (Wildman–Crippen LogP) is 1.21. The minimum Gasteiger partial charge on any atom is -0.147 e. The normalized spacial score (nSPS) is 5.29. The van der Waals surface area contributed by atoms with Crippen molar-refractivity contribution in [1.29, 1.82) is 0 Å². The first-order valence-electron chi connectivity index (χ1n) is 1.36. The van der Waals surface area contributed by atoms with Crippen molar-refractivity contribution in [1.82, 2.24) is 0 Å². The summed E-state index contributed by atoms with van der Waals surface area (Å²) in [4.78, 5) is 0. The minimum absolute atomic E-state index is 0. The zero-order valence-corrected chi connectivity index (χ0v) is 6.82. The Morgan fingerprint density at radius 1 is 1.57 bits per heavy atom. The van der Waals surface area contributed by atoms with Crippen LogP contribution in [0.3, 0.4) is 0 Å². The van der Waals surface area contributed by atoms with E-state index in [1.807, 2.05) is 6.92 Å². The summed E-state index contributed by atoms with van der Waals surface area (Å²) in [5.74, 6) is 0. The first-order chi connectivity index (χ1) is 2.41. The van der Waals surface area contributed by atoms with E-state index in [1.54, 1.807) is 0 Å². The molecule has 0 aromatic carbocycles. The molecule has 0 radical (unpaired) electrons. The van der Waals surface area contributed by atoms with Gasteiger partial charge in [-0.25, -0.2) is 0 Å². The van der Waals surface area contributed by atoms with Crippen molar-refractivity contribution in [3.05, 3.63) is 0 Å². The molecule has 0 aliphatic rings. The van der Waals surface area contributed by atoms with Gasteiger partial charge in [0.15, 0.2) is 0 Å². The van der Waals surface area contributed by atoms with E-state index < -0.39 is 16.6 Å². The second-order valence-corrected chi connectivity index (χ2v) is 1.13. The van der Waals surface area contributed by atoms with E-state index in [1.165, 1.54) is 0 Å². The Balaban J connectivity index is -0.0000000800. The summed E-state index contributed by atoms with van der Waals surface area (Å²) in [7, 11) is 0. The minimum atomic E-state index is -1.03. The third-order valence-corrected chi connectivity index (χ3v) is 0.750. The fourth-order valence-electron chi connectivity index (χ4n) is 0.0527. The van der Waals surface area contributed by atoms with Gasteiger partial charge in [0, 0.05) is 0 Å². The van der Waals surface area contributed by atoms with Gasteiger partial charge in [-0.1, -0.05) is 0 Å². The van der Waals surface area contributed by atoms with Gasteiger partial charge in [0.2, 0.25) is 0 Å². The van der Waals surface area contributed by atoms with Gasteiger partial charge in [-0.3, -0.25) is 0 Å². The fraction of sp³-hybridized carbons (Fsp3) is 1.00. The van der Waals surface area contributed by atoms with Crippen LogP contribution >= 0.6 is 24.8 Å². The van der Waals surface area contributed by atoms with Crippen molar-refractivity contribution in [2.45, 2.75) is 6.92 Å². The average molecular weight is 185 g/mol. The molecule has 7 heavy (non-hydrogen) atoms. The van der Waals surface area contributed by atoms with Gasteiger partial charge in [0.25, 0.3) is 0 Å². The van der Waals surface area contributed by atoms with Crippen LogP contribution in [0.15, 0.2) is 0 Å². The van der Waals surface area contributed by atoms with Crippen molar-refractivity contribution < 1.29 is 23.9 Å². The summed E-state index contributed by atoms with van der Waals surface area (Å²) in [6.45, 7) is 2.39. The van der Waals surface area contributed by atoms with Gasteiger partial charge in [-0.15, -0.1) is 24.8 Å². The molecule has 0 rings (SSSR count). The Morgan fingerprint density at radius 2 is 2.00 bits per heavy atom. The molecular formula is C2H7Cl2O2V. The van der Waals surface area contributed by atoms with Crippen LogP contribution in [0.5, 0.6) is 0 Å². The molecule has 0 saturated heterocycles. The molecule has 0 saturated carbocycles. The Morgan fingerprint density at radius 3 is 2.00 bits per heavy atom. The Hall–Kier alpha value is 0.924. The van der Waals surface area contributed by atoms with Gasteiger partial charge < -0.3 is 0 Å². The summed E-state index contributed by atoms with van der Waals surface area (Å²) in [6, 6.07) is 0. The van der Waals surface area contributed by atoms with Gasteiger partial charge in [-0.05, 0) is 0 Å². The van der Waals surface area contributed by atoms with E-state index in [0.29, 0.717) is 6.61 Å². The molecule has 0 fully saturated rings. The topological polar surface area (TPSA) is 26.3 Å². The van der Waals surface area contributed by atoms with E-state index in [0.717, 1.165) is 0 Å². The molecule has 0 aromatic heterocycles. The van der Waals surface area contributed by atoms with Crippen LogP contribution in [0.25, 0.3) is 0 Å². The maximum atomic E-state index is 9.40. The molecule has 0 spiro atoms. The number of rotatable bonds is 2. The molecule has 0 N–H and O–H groups in total. The van der Waals surface area contributed by atoms with Crippen LogP contribution in [0, 0.1) is 0 Å². The Kier molecular flexibility index (Phi) is 35.3. The van der Waals surface area contributed by atoms with E-state index in [4.69, 9.17) is 0 Å². The molecule has 0 atom stereocenters. The van der Waals surface area contributed by atoms with Crippen LogP contribution in [0.4, 0.5) is 0 Å². The third-order valence-electron chi connectivity index (χ3n) is 0.182. The summed E-state index contributed by atoms with van der Waals surface area (Å²) in [6.07, 6.45) is 0. The first kappa shape index (κ1) is 15.7. The number of halogens is 2. The Bertz CT molecular complexity index is 34.9. The van der Waals surface area contributed by atoms with Crippen molar-refractivity contribution in [3.63, 3.8) is 0 Å². The molecule has 5 heteroatoms. The van der Waals surface area contributed by atoms with Gasteiger partial charge >= 0.3 is 37.5 Å². The molecule has 0 aliphatic carbocycles. The maximum absolute atomic E-state index is 9.40. The SMILES string of the molecule is CC[O][V]=[O].Cl.Cl. The summed E-state index contributed by atoms with van der Waals surface area (Å²) in [5.41, 5.74) is 0. The summed E-state index contributed by atoms with van der Waals surface area (Å²) >= 11 is -1.03. The van der Waals surface area contributed by atoms with Crippen LogP contribution in [0.2, 0.25) is 0 Å².